The number of piperazine rings is 1. The van der Waals surface area contributed by atoms with Crippen LogP contribution in [0.5, 0.6) is 5.75 Å². The van der Waals surface area contributed by atoms with Crippen LogP contribution in [0.3, 0.4) is 0 Å². The van der Waals surface area contributed by atoms with E-state index < -0.39 is 5.97 Å². The van der Waals surface area contributed by atoms with E-state index in [9.17, 15) is 4.79 Å². The lowest BCUT2D eigenvalue weighted by molar-refractivity contribution is -0.139. The number of anilines is 1. The minimum absolute atomic E-state index is 0.361. The maximum Gasteiger partial charge on any atom is 0.341 e. The van der Waals surface area contributed by atoms with Crippen molar-refractivity contribution in [1.82, 2.24) is 5.01 Å². The van der Waals surface area contributed by atoms with Crippen LogP contribution < -0.4 is 9.64 Å². The molecule has 1 aliphatic rings. The lowest BCUT2D eigenvalue weighted by Crippen LogP contribution is -2.44. The number of ether oxygens (including phenoxy) is 1. The van der Waals surface area contributed by atoms with Gasteiger partial charge >= 0.3 is 5.97 Å². The van der Waals surface area contributed by atoms with Crippen LogP contribution in [0.4, 0.5) is 5.69 Å². The van der Waals surface area contributed by atoms with Crippen LogP contribution in [0.1, 0.15) is 5.56 Å². The lowest BCUT2D eigenvalue weighted by atomic mass is 10.2. The number of carboxylic acid groups (broad SMARTS) is 1. The van der Waals surface area contributed by atoms with Crippen molar-refractivity contribution in [2.75, 3.05) is 37.7 Å². The Morgan fingerprint density at radius 2 is 1.72 bits per heavy atom. The molecule has 0 aliphatic carbocycles. The minimum Gasteiger partial charge on any atom is -0.481 e. The number of nitrogens with zero attached hydrogens (tertiary/aromatic N) is 3. The van der Waals surface area contributed by atoms with Gasteiger partial charge in [0, 0.05) is 24.3 Å². The Hall–Kier alpha value is -3.02. The number of rotatable bonds is 6. The first-order valence-electron chi connectivity index (χ1n) is 8.25. The number of hydrazone groups is 1. The number of hydrogen-bond acceptors (Lipinski definition) is 5. The number of benzene rings is 2. The van der Waals surface area contributed by atoms with Crippen molar-refractivity contribution in [2.45, 2.75) is 0 Å². The van der Waals surface area contributed by atoms with E-state index in [1.807, 2.05) is 41.4 Å². The molecule has 0 unspecified atom stereocenters. The maximum atomic E-state index is 10.7. The second kappa shape index (κ2) is 8.19. The molecule has 6 nitrogen and oxygen atoms in total. The maximum absolute atomic E-state index is 10.7. The summed E-state index contributed by atoms with van der Waals surface area (Å²) >= 11 is 0. The van der Waals surface area contributed by atoms with Crippen LogP contribution in [-0.4, -0.2) is 55.1 Å². The summed E-state index contributed by atoms with van der Waals surface area (Å²) in [5.41, 5.74) is 2.01. The fourth-order valence-corrected chi connectivity index (χ4v) is 2.71. The summed E-state index contributed by atoms with van der Waals surface area (Å²) < 4.78 is 5.30. The molecule has 0 amide bonds. The van der Waals surface area contributed by atoms with Crippen molar-refractivity contribution in [3.8, 4) is 5.75 Å². The Balaban J connectivity index is 1.58. The van der Waals surface area contributed by atoms with Gasteiger partial charge in [0.15, 0.2) is 6.61 Å². The van der Waals surface area contributed by atoms with E-state index in [2.05, 4.69) is 22.1 Å². The number of carbonyl (C=O) groups is 1. The molecule has 0 bridgehead atoms. The SMILES string of the molecule is O=C(O)COc1ccccc1C=NN1CCN(c2ccccc2)CC1. The lowest BCUT2D eigenvalue weighted by Gasteiger charge is -2.34. The summed E-state index contributed by atoms with van der Waals surface area (Å²) in [6.07, 6.45) is 1.73. The van der Waals surface area contributed by atoms with Crippen LogP contribution in [0.15, 0.2) is 59.7 Å². The average molecular weight is 339 g/mol. The van der Waals surface area contributed by atoms with E-state index in [4.69, 9.17) is 9.84 Å². The van der Waals surface area contributed by atoms with Crippen molar-refractivity contribution in [2.24, 2.45) is 5.10 Å². The number of para-hydroxylation sites is 2. The number of aliphatic carboxylic acids is 1. The molecule has 1 aliphatic heterocycles. The molecule has 2 aromatic rings. The van der Waals surface area contributed by atoms with E-state index >= 15 is 0 Å². The molecule has 1 saturated heterocycles. The molecule has 25 heavy (non-hydrogen) atoms. The van der Waals surface area contributed by atoms with Crippen molar-refractivity contribution in [3.63, 3.8) is 0 Å². The molecule has 2 aromatic carbocycles. The zero-order chi connectivity index (χ0) is 17.5. The van der Waals surface area contributed by atoms with Gasteiger partial charge in [-0.2, -0.15) is 5.10 Å². The van der Waals surface area contributed by atoms with Gasteiger partial charge in [-0.15, -0.1) is 0 Å². The van der Waals surface area contributed by atoms with Crippen molar-refractivity contribution in [3.05, 3.63) is 60.2 Å². The molecule has 1 heterocycles. The molecular formula is C19H21N3O3. The largest absolute Gasteiger partial charge is 0.481 e. The summed E-state index contributed by atoms with van der Waals surface area (Å²) in [5.74, 6) is -0.472. The first kappa shape index (κ1) is 16.8. The smallest absolute Gasteiger partial charge is 0.341 e. The van der Waals surface area contributed by atoms with Crippen LogP contribution in [0.2, 0.25) is 0 Å². The first-order valence-corrected chi connectivity index (χ1v) is 8.25. The minimum atomic E-state index is -0.997. The van der Waals surface area contributed by atoms with E-state index in [0.717, 1.165) is 31.7 Å². The Labute approximate surface area is 146 Å². The van der Waals surface area contributed by atoms with Crippen LogP contribution in [0, 0.1) is 0 Å². The molecule has 1 N–H and O–H groups in total. The molecule has 130 valence electrons. The zero-order valence-corrected chi connectivity index (χ0v) is 13.9. The van der Waals surface area contributed by atoms with Crippen LogP contribution >= 0.6 is 0 Å². The molecule has 0 aromatic heterocycles. The molecule has 0 radical (unpaired) electrons. The van der Waals surface area contributed by atoms with E-state index in [0.29, 0.717) is 5.75 Å². The second-order valence-electron chi connectivity index (χ2n) is 5.74. The van der Waals surface area contributed by atoms with Crippen molar-refractivity contribution in [1.29, 1.82) is 0 Å². The Bertz CT molecular complexity index is 726. The highest BCUT2D eigenvalue weighted by Crippen LogP contribution is 2.17. The van der Waals surface area contributed by atoms with Crippen molar-refractivity contribution >= 4 is 17.9 Å². The van der Waals surface area contributed by atoms with Gasteiger partial charge in [0.25, 0.3) is 0 Å². The summed E-state index contributed by atoms with van der Waals surface area (Å²) in [6.45, 7) is 3.14. The van der Waals surface area contributed by atoms with Gasteiger partial charge < -0.3 is 14.7 Å². The average Bonchev–Trinajstić information content (AvgIpc) is 2.66. The molecule has 0 atom stereocenters. The summed E-state index contributed by atoms with van der Waals surface area (Å²) in [4.78, 5) is 13.0. The van der Waals surface area contributed by atoms with Gasteiger partial charge in [0.2, 0.25) is 0 Å². The highest BCUT2D eigenvalue weighted by atomic mass is 16.5. The second-order valence-corrected chi connectivity index (χ2v) is 5.74. The normalized spacial score (nSPS) is 14.7. The predicted octanol–water partition coefficient (Wildman–Crippen LogP) is 2.31. The predicted molar refractivity (Wildman–Crippen MR) is 97.4 cm³/mol. The third kappa shape index (κ3) is 4.73. The highest BCUT2D eigenvalue weighted by Gasteiger charge is 2.15. The molecule has 3 rings (SSSR count). The van der Waals surface area contributed by atoms with Gasteiger partial charge in [-0.3, -0.25) is 5.01 Å². The van der Waals surface area contributed by atoms with Crippen LogP contribution in [-0.2, 0) is 4.79 Å². The first-order chi connectivity index (χ1) is 12.2. The summed E-state index contributed by atoms with van der Waals surface area (Å²) in [7, 11) is 0. The molecule has 6 heteroatoms. The Morgan fingerprint density at radius 3 is 2.44 bits per heavy atom. The van der Waals surface area contributed by atoms with Gasteiger partial charge in [0.1, 0.15) is 5.75 Å². The van der Waals surface area contributed by atoms with Gasteiger partial charge in [-0.25, -0.2) is 4.79 Å². The highest BCUT2D eigenvalue weighted by molar-refractivity contribution is 5.83. The number of carboxylic acids is 1. The van der Waals surface area contributed by atoms with E-state index in [1.165, 1.54) is 5.69 Å². The third-order valence-electron chi connectivity index (χ3n) is 4.01. The fraction of sp³-hybridized carbons (Fsp3) is 0.263. The van der Waals surface area contributed by atoms with E-state index in [1.54, 1.807) is 12.3 Å². The zero-order valence-electron chi connectivity index (χ0n) is 13.9. The Kier molecular flexibility index (Phi) is 5.51. The van der Waals surface area contributed by atoms with Crippen molar-refractivity contribution < 1.29 is 14.6 Å². The molecule has 0 saturated carbocycles. The van der Waals surface area contributed by atoms with E-state index in [-0.39, 0.29) is 6.61 Å². The van der Waals surface area contributed by atoms with Gasteiger partial charge in [-0.05, 0) is 24.3 Å². The number of hydrogen-bond donors (Lipinski definition) is 1. The fourth-order valence-electron chi connectivity index (χ4n) is 2.71. The molecule has 1 fully saturated rings. The Morgan fingerprint density at radius 1 is 1.04 bits per heavy atom. The summed E-state index contributed by atoms with van der Waals surface area (Å²) in [6, 6.07) is 17.7. The molecular weight excluding hydrogens is 318 g/mol. The van der Waals surface area contributed by atoms with Crippen LogP contribution in [0.25, 0.3) is 0 Å². The topological polar surface area (TPSA) is 65.4 Å². The summed E-state index contributed by atoms with van der Waals surface area (Å²) in [5, 5.41) is 15.3. The third-order valence-corrected chi connectivity index (χ3v) is 4.01. The standard InChI is InChI=1S/C19H21N3O3/c23-19(24)15-25-18-9-5-4-6-16(18)14-20-22-12-10-21(11-13-22)17-7-2-1-3-8-17/h1-9,14H,10-13,15H2,(H,23,24). The van der Waals surface area contributed by atoms with Gasteiger partial charge in [-0.1, -0.05) is 30.3 Å². The van der Waals surface area contributed by atoms with Gasteiger partial charge in [0.05, 0.1) is 19.3 Å². The molecule has 0 spiro atoms. The monoisotopic (exact) mass is 339 g/mol. The quantitative estimate of drug-likeness (QED) is 0.818.